The Labute approximate surface area is 73.0 Å². The van der Waals surface area contributed by atoms with E-state index in [2.05, 4.69) is 18.2 Å². The van der Waals surface area contributed by atoms with Crippen LogP contribution in [-0.4, -0.2) is 37.2 Å². The zero-order valence-corrected chi connectivity index (χ0v) is 7.20. The summed E-state index contributed by atoms with van der Waals surface area (Å²) in [4.78, 5) is 6.19. The zero-order chi connectivity index (χ0) is 8.81. The SMILES string of the molecule is C=CCN(CC=C)C1=NCCO1. The van der Waals surface area contributed by atoms with E-state index in [1.165, 1.54) is 0 Å². The lowest BCUT2D eigenvalue weighted by Gasteiger charge is -2.19. The van der Waals surface area contributed by atoms with Crippen molar-refractivity contribution in [3.8, 4) is 0 Å². The molecule has 0 aromatic rings. The molecular weight excluding hydrogens is 152 g/mol. The highest BCUT2D eigenvalue weighted by molar-refractivity contribution is 5.75. The Morgan fingerprint density at radius 3 is 2.50 bits per heavy atom. The molecule has 0 bridgehead atoms. The molecule has 0 unspecified atom stereocenters. The topological polar surface area (TPSA) is 24.8 Å². The summed E-state index contributed by atoms with van der Waals surface area (Å²) in [6.45, 7) is 10.3. The van der Waals surface area contributed by atoms with E-state index >= 15 is 0 Å². The maximum absolute atomic E-state index is 5.30. The van der Waals surface area contributed by atoms with E-state index in [-0.39, 0.29) is 0 Å². The molecule has 0 aromatic heterocycles. The first-order chi connectivity index (χ1) is 5.88. The van der Waals surface area contributed by atoms with Crippen LogP contribution in [0.1, 0.15) is 0 Å². The van der Waals surface area contributed by atoms with Crippen molar-refractivity contribution in [2.24, 2.45) is 4.99 Å². The second kappa shape index (κ2) is 4.59. The molecule has 3 heteroatoms. The lowest BCUT2D eigenvalue weighted by molar-refractivity contribution is 0.282. The van der Waals surface area contributed by atoms with Crippen LogP contribution in [0.5, 0.6) is 0 Å². The minimum Gasteiger partial charge on any atom is -0.463 e. The lowest BCUT2D eigenvalue weighted by atomic mass is 10.5. The van der Waals surface area contributed by atoms with Gasteiger partial charge in [-0.15, -0.1) is 13.2 Å². The number of rotatable bonds is 4. The van der Waals surface area contributed by atoms with E-state index in [9.17, 15) is 0 Å². The summed E-state index contributed by atoms with van der Waals surface area (Å²) in [6, 6.07) is 0.717. The Hall–Kier alpha value is -1.25. The number of amidine groups is 1. The van der Waals surface area contributed by atoms with Crippen molar-refractivity contribution in [1.82, 2.24) is 4.90 Å². The molecular formula is C9H14N2O. The summed E-state index contributed by atoms with van der Waals surface area (Å²) >= 11 is 0. The predicted molar refractivity (Wildman–Crippen MR) is 50.2 cm³/mol. The normalized spacial score (nSPS) is 14.8. The van der Waals surface area contributed by atoms with Crippen LogP contribution in [0, 0.1) is 0 Å². The molecule has 12 heavy (non-hydrogen) atoms. The molecule has 0 aromatic carbocycles. The van der Waals surface area contributed by atoms with Crippen molar-refractivity contribution in [2.45, 2.75) is 0 Å². The van der Waals surface area contributed by atoms with Gasteiger partial charge in [-0.3, -0.25) is 0 Å². The first-order valence-corrected chi connectivity index (χ1v) is 4.02. The van der Waals surface area contributed by atoms with Crippen molar-refractivity contribution < 1.29 is 4.74 Å². The third kappa shape index (κ3) is 2.12. The van der Waals surface area contributed by atoms with E-state index in [0.717, 1.165) is 25.7 Å². The molecule has 0 atom stereocenters. The minimum absolute atomic E-state index is 0.695. The van der Waals surface area contributed by atoms with Crippen LogP contribution in [0.25, 0.3) is 0 Å². The van der Waals surface area contributed by atoms with E-state index in [0.29, 0.717) is 6.61 Å². The molecule has 0 spiro atoms. The van der Waals surface area contributed by atoms with Gasteiger partial charge < -0.3 is 9.64 Å². The fourth-order valence-corrected chi connectivity index (χ4v) is 1.06. The van der Waals surface area contributed by atoms with Gasteiger partial charge in [-0.25, -0.2) is 4.99 Å². The molecule has 0 fully saturated rings. The third-order valence-corrected chi connectivity index (χ3v) is 1.54. The smallest absolute Gasteiger partial charge is 0.288 e. The van der Waals surface area contributed by atoms with Crippen LogP contribution < -0.4 is 0 Å². The number of aliphatic imine (C=N–C) groups is 1. The Balaban J connectivity index is 2.50. The highest BCUT2D eigenvalue weighted by Gasteiger charge is 2.13. The van der Waals surface area contributed by atoms with Gasteiger partial charge in [0.05, 0.1) is 6.54 Å². The largest absolute Gasteiger partial charge is 0.463 e. The van der Waals surface area contributed by atoms with Crippen molar-refractivity contribution in [2.75, 3.05) is 26.2 Å². The van der Waals surface area contributed by atoms with E-state index in [4.69, 9.17) is 4.74 Å². The average molecular weight is 166 g/mol. The number of nitrogens with zero attached hydrogens (tertiary/aromatic N) is 2. The molecule has 0 radical (unpaired) electrons. The highest BCUT2D eigenvalue weighted by atomic mass is 16.5. The van der Waals surface area contributed by atoms with Gasteiger partial charge in [-0.05, 0) is 0 Å². The third-order valence-electron chi connectivity index (χ3n) is 1.54. The molecule has 0 amide bonds. The first-order valence-electron chi connectivity index (χ1n) is 4.02. The molecule has 0 aliphatic carbocycles. The molecule has 1 aliphatic heterocycles. The zero-order valence-electron chi connectivity index (χ0n) is 7.20. The standard InChI is InChI=1S/C9H14N2O/c1-3-6-11(7-4-2)9-10-5-8-12-9/h3-4H,1-2,5-8H2. The second-order valence-corrected chi connectivity index (χ2v) is 2.50. The van der Waals surface area contributed by atoms with Gasteiger partial charge in [0.15, 0.2) is 0 Å². The number of ether oxygens (including phenoxy) is 1. The minimum atomic E-state index is 0.695. The predicted octanol–water partition coefficient (Wildman–Crippen LogP) is 1.05. The molecule has 3 nitrogen and oxygen atoms in total. The van der Waals surface area contributed by atoms with Crippen molar-refractivity contribution in [1.29, 1.82) is 0 Å². The van der Waals surface area contributed by atoms with Crippen molar-refractivity contribution in [3.05, 3.63) is 25.3 Å². The molecule has 66 valence electrons. The second-order valence-electron chi connectivity index (χ2n) is 2.50. The maximum atomic E-state index is 5.30. The fourth-order valence-electron chi connectivity index (χ4n) is 1.06. The number of hydrogen-bond acceptors (Lipinski definition) is 3. The van der Waals surface area contributed by atoms with Crippen molar-refractivity contribution >= 4 is 6.02 Å². The van der Waals surface area contributed by atoms with Gasteiger partial charge in [0.25, 0.3) is 6.02 Å². The molecule has 0 saturated heterocycles. The quantitative estimate of drug-likeness (QED) is 0.583. The molecule has 1 heterocycles. The molecule has 1 rings (SSSR count). The van der Waals surface area contributed by atoms with Gasteiger partial charge in [0, 0.05) is 13.1 Å². The van der Waals surface area contributed by atoms with Crippen LogP contribution in [0.3, 0.4) is 0 Å². The molecule has 1 aliphatic rings. The summed E-state index contributed by atoms with van der Waals surface area (Å²) in [5.41, 5.74) is 0. The van der Waals surface area contributed by atoms with Crippen LogP contribution >= 0.6 is 0 Å². The van der Waals surface area contributed by atoms with Crippen LogP contribution in [-0.2, 0) is 4.74 Å². The summed E-state index contributed by atoms with van der Waals surface area (Å²) in [7, 11) is 0. The average Bonchev–Trinajstić information content (AvgIpc) is 2.56. The highest BCUT2D eigenvalue weighted by Crippen LogP contribution is 2.01. The Morgan fingerprint density at radius 2 is 2.08 bits per heavy atom. The molecule has 0 saturated carbocycles. The summed E-state index contributed by atoms with van der Waals surface area (Å²) in [5.74, 6) is 0. The number of hydrogen-bond donors (Lipinski definition) is 0. The van der Waals surface area contributed by atoms with Gasteiger partial charge >= 0.3 is 0 Å². The van der Waals surface area contributed by atoms with E-state index in [1.54, 1.807) is 0 Å². The monoisotopic (exact) mass is 166 g/mol. The first kappa shape index (κ1) is 8.84. The fraction of sp³-hybridized carbons (Fsp3) is 0.444. The Bertz CT molecular complexity index is 189. The van der Waals surface area contributed by atoms with Gasteiger partial charge in [0.1, 0.15) is 6.61 Å². The van der Waals surface area contributed by atoms with E-state index < -0.39 is 0 Å². The van der Waals surface area contributed by atoms with E-state index in [1.807, 2.05) is 17.1 Å². The molecule has 0 N–H and O–H groups in total. The van der Waals surface area contributed by atoms with Gasteiger partial charge in [-0.2, -0.15) is 0 Å². The Morgan fingerprint density at radius 1 is 1.42 bits per heavy atom. The van der Waals surface area contributed by atoms with Crippen molar-refractivity contribution in [3.63, 3.8) is 0 Å². The van der Waals surface area contributed by atoms with Crippen LogP contribution in [0.15, 0.2) is 30.3 Å². The maximum Gasteiger partial charge on any atom is 0.288 e. The van der Waals surface area contributed by atoms with Gasteiger partial charge in [0.2, 0.25) is 0 Å². The summed E-state index contributed by atoms with van der Waals surface area (Å²) < 4.78 is 5.30. The lowest BCUT2D eigenvalue weighted by Crippen LogP contribution is -2.31. The van der Waals surface area contributed by atoms with Crippen LogP contribution in [0.2, 0.25) is 0 Å². The summed E-state index contributed by atoms with van der Waals surface area (Å²) in [6.07, 6.45) is 3.65. The van der Waals surface area contributed by atoms with Gasteiger partial charge in [-0.1, -0.05) is 12.2 Å². The summed E-state index contributed by atoms with van der Waals surface area (Å²) in [5, 5.41) is 0. The Kier molecular flexibility index (Phi) is 3.38. The van der Waals surface area contributed by atoms with Crippen LogP contribution in [0.4, 0.5) is 0 Å².